The van der Waals surface area contributed by atoms with Crippen LogP contribution in [0.3, 0.4) is 0 Å². The standard InChI is InChI=1S/C23H44O4Si/c1-8-21(5)24-15-12-18-28(27-11-4,19-13-16-25-22(6)9-2)20-14-17-26-23(7)10-3/h8-10H,11-20H2,1-7H3/b21-8-,22-9-,23-10-. The van der Waals surface area contributed by atoms with E-state index < -0.39 is 8.32 Å². The summed E-state index contributed by atoms with van der Waals surface area (Å²) >= 11 is 0. The molecule has 5 heteroatoms. The minimum atomic E-state index is -1.84. The number of allylic oxidation sites excluding steroid dienone is 6. The first kappa shape index (κ1) is 26.8. The van der Waals surface area contributed by atoms with Gasteiger partial charge in [-0.2, -0.15) is 0 Å². The van der Waals surface area contributed by atoms with Gasteiger partial charge in [-0.05, 0) is 85.9 Å². The molecular weight excluding hydrogens is 368 g/mol. The fourth-order valence-electron chi connectivity index (χ4n) is 3.03. The maximum absolute atomic E-state index is 6.46. The molecule has 0 fully saturated rings. The van der Waals surface area contributed by atoms with Gasteiger partial charge < -0.3 is 18.6 Å². The summed E-state index contributed by atoms with van der Waals surface area (Å²) in [6.45, 7) is 17.2. The van der Waals surface area contributed by atoms with E-state index in [9.17, 15) is 0 Å². The molecule has 0 aromatic carbocycles. The van der Waals surface area contributed by atoms with Gasteiger partial charge in [-0.15, -0.1) is 0 Å². The first-order valence-electron chi connectivity index (χ1n) is 10.8. The maximum Gasteiger partial charge on any atom is 0.193 e. The first-order valence-corrected chi connectivity index (χ1v) is 13.4. The van der Waals surface area contributed by atoms with Crippen molar-refractivity contribution in [3.63, 3.8) is 0 Å². The Morgan fingerprint density at radius 3 is 1.21 bits per heavy atom. The number of hydrogen-bond donors (Lipinski definition) is 0. The van der Waals surface area contributed by atoms with E-state index in [1.807, 2.05) is 59.8 Å². The summed E-state index contributed by atoms with van der Waals surface area (Å²) in [6, 6.07) is 3.38. The van der Waals surface area contributed by atoms with Crippen LogP contribution in [0.1, 0.15) is 67.7 Å². The fraction of sp³-hybridized carbons (Fsp3) is 0.739. The van der Waals surface area contributed by atoms with Crippen LogP contribution in [-0.2, 0) is 18.6 Å². The van der Waals surface area contributed by atoms with Crippen LogP contribution >= 0.6 is 0 Å². The van der Waals surface area contributed by atoms with Crippen LogP contribution in [0.4, 0.5) is 0 Å². The summed E-state index contributed by atoms with van der Waals surface area (Å²) in [5, 5.41) is 0. The Morgan fingerprint density at radius 2 is 0.964 bits per heavy atom. The predicted octanol–water partition coefficient (Wildman–Crippen LogP) is 6.96. The second kappa shape index (κ2) is 16.7. The van der Waals surface area contributed by atoms with Crippen LogP contribution in [0, 0.1) is 0 Å². The second-order valence-corrected chi connectivity index (χ2v) is 11.3. The summed E-state index contributed by atoms with van der Waals surface area (Å²) in [5.41, 5.74) is 0. The highest BCUT2D eigenvalue weighted by Gasteiger charge is 2.33. The molecule has 0 heterocycles. The molecule has 0 aromatic heterocycles. The third-order valence-corrected chi connectivity index (χ3v) is 9.68. The van der Waals surface area contributed by atoms with Crippen molar-refractivity contribution in [2.75, 3.05) is 26.4 Å². The largest absolute Gasteiger partial charge is 0.499 e. The van der Waals surface area contributed by atoms with Crippen LogP contribution in [0.5, 0.6) is 0 Å². The lowest BCUT2D eigenvalue weighted by Gasteiger charge is -2.31. The van der Waals surface area contributed by atoms with E-state index in [-0.39, 0.29) is 0 Å². The Balaban J connectivity index is 4.77. The molecule has 0 saturated carbocycles. The Labute approximate surface area is 175 Å². The Hall–Kier alpha value is -1.20. The van der Waals surface area contributed by atoms with Crippen molar-refractivity contribution in [2.45, 2.75) is 85.9 Å². The van der Waals surface area contributed by atoms with E-state index in [0.29, 0.717) is 0 Å². The number of rotatable bonds is 17. The molecule has 0 bridgehead atoms. The zero-order valence-corrected chi connectivity index (χ0v) is 20.4. The lowest BCUT2D eigenvalue weighted by Crippen LogP contribution is -2.39. The molecule has 4 nitrogen and oxygen atoms in total. The highest BCUT2D eigenvalue weighted by atomic mass is 28.4. The molecule has 0 saturated heterocycles. The van der Waals surface area contributed by atoms with Gasteiger partial charge in [0.25, 0.3) is 0 Å². The van der Waals surface area contributed by atoms with Gasteiger partial charge in [0.1, 0.15) is 0 Å². The quantitative estimate of drug-likeness (QED) is 0.147. The topological polar surface area (TPSA) is 36.9 Å². The SMILES string of the molecule is C/C=C(/C)OCCC[Si](CCCO/C(C)=C\C)(CCCO/C(C)=C\C)OCC. The van der Waals surface area contributed by atoms with Crippen molar-refractivity contribution in [3.05, 3.63) is 35.5 Å². The van der Waals surface area contributed by atoms with E-state index in [1.54, 1.807) is 0 Å². The van der Waals surface area contributed by atoms with E-state index >= 15 is 0 Å². The van der Waals surface area contributed by atoms with Crippen LogP contribution in [-0.4, -0.2) is 34.7 Å². The summed E-state index contributed by atoms with van der Waals surface area (Å²) in [5.74, 6) is 2.98. The van der Waals surface area contributed by atoms with Gasteiger partial charge in [0.05, 0.1) is 37.1 Å². The highest BCUT2D eigenvalue weighted by Crippen LogP contribution is 2.28. The van der Waals surface area contributed by atoms with Crippen molar-refractivity contribution in [1.82, 2.24) is 0 Å². The molecule has 0 atom stereocenters. The molecule has 0 amide bonds. The Morgan fingerprint density at radius 1 is 0.643 bits per heavy atom. The average Bonchev–Trinajstić information content (AvgIpc) is 2.71. The smallest absolute Gasteiger partial charge is 0.193 e. The first-order chi connectivity index (χ1) is 13.4. The van der Waals surface area contributed by atoms with Crippen LogP contribution < -0.4 is 0 Å². The lowest BCUT2D eigenvalue weighted by atomic mass is 10.5. The van der Waals surface area contributed by atoms with E-state index in [0.717, 1.165) is 81.1 Å². The molecule has 0 spiro atoms. The summed E-state index contributed by atoms with van der Waals surface area (Å²) in [6.07, 6.45) is 9.15. The molecule has 164 valence electrons. The van der Waals surface area contributed by atoms with E-state index in [2.05, 4.69) is 6.92 Å². The van der Waals surface area contributed by atoms with Gasteiger partial charge in [0, 0.05) is 6.61 Å². The molecular formula is C23H44O4Si. The minimum Gasteiger partial charge on any atom is -0.499 e. The molecule has 28 heavy (non-hydrogen) atoms. The van der Waals surface area contributed by atoms with Crippen molar-refractivity contribution in [3.8, 4) is 0 Å². The number of hydrogen-bond acceptors (Lipinski definition) is 4. The van der Waals surface area contributed by atoms with E-state index in [1.165, 1.54) is 0 Å². The van der Waals surface area contributed by atoms with Crippen LogP contribution in [0.15, 0.2) is 35.5 Å². The summed E-state index contributed by atoms with van der Waals surface area (Å²) < 4.78 is 23.8. The maximum atomic E-state index is 6.46. The van der Waals surface area contributed by atoms with Crippen molar-refractivity contribution in [2.24, 2.45) is 0 Å². The third-order valence-electron chi connectivity index (χ3n) is 4.99. The zero-order chi connectivity index (χ0) is 21.3. The molecule has 0 unspecified atom stereocenters. The zero-order valence-electron chi connectivity index (χ0n) is 19.4. The molecule has 0 aromatic rings. The number of ether oxygens (including phenoxy) is 3. The minimum absolute atomic E-state index is 0.764. The molecule has 0 N–H and O–H groups in total. The van der Waals surface area contributed by atoms with Gasteiger partial charge in [-0.25, -0.2) is 0 Å². The van der Waals surface area contributed by atoms with Gasteiger partial charge >= 0.3 is 0 Å². The average molecular weight is 413 g/mol. The van der Waals surface area contributed by atoms with Gasteiger partial charge in [-0.1, -0.05) is 18.2 Å². The Bertz CT molecular complexity index is 418. The van der Waals surface area contributed by atoms with Crippen LogP contribution in [0.25, 0.3) is 0 Å². The Kier molecular flexibility index (Phi) is 16.0. The van der Waals surface area contributed by atoms with Crippen molar-refractivity contribution < 1.29 is 18.6 Å². The van der Waals surface area contributed by atoms with Gasteiger partial charge in [-0.3, -0.25) is 0 Å². The fourth-order valence-corrected chi connectivity index (χ4v) is 7.19. The summed E-state index contributed by atoms with van der Waals surface area (Å²) in [4.78, 5) is 0. The summed E-state index contributed by atoms with van der Waals surface area (Å²) in [7, 11) is -1.84. The molecule has 0 rings (SSSR count). The third kappa shape index (κ3) is 13.1. The molecule has 0 radical (unpaired) electrons. The van der Waals surface area contributed by atoms with Crippen molar-refractivity contribution >= 4 is 8.32 Å². The van der Waals surface area contributed by atoms with E-state index in [4.69, 9.17) is 18.6 Å². The van der Waals surface area contributed by atoms with Gasteiger partial charge in [0.15, 0.2) is 8.32 Å². The highest BCUT2D eigenvalue weighted by molar-refractivity contribution is 6.73. The lowest BCUT2D eigenvalue weighted by molar-refractivity contribution is 0.202. The van der Waals surface area contributed by atoms with Crippen LogP contribution in [0.2, 0.25) is 18.1 Å². The molecule has 0 aliphatic rings. The van der Waals surface area contributed by atoms with Gasteiger partial charge in [0.2, 0.25) is 0 Å². The van der Waals surface area contributed by atoms with Crippen molar-refractivity contribution in [1.29, 1.82) is 0 Å². The monoisotopic (exact) mass is 412 g/mol. The molecule has 0 aliphatic carbocycles. The normalized spacial score (nSPS) is 13.6. The predicted molar refractivity (Wildman–Crippen MR) is 122 cm³/mol. The molecule has 0 aliphatic heterocycles. The second-order valence-electron chi connectivity index (χ2n) is 7.17.